The van der Waals surface area contributed by atoms with Gasteiger partial charge >= 0.3 is 0 Å². The Morgan fingerprint density at radius 3 is 2.39 bits per heavy atom. The summed E-state index contributed by atoms with van der Waals surface area (Å²) in [5.41, 5.74) is 10.9. The van der Waals surface area contributed by atoms with Gasteiger partial charge in [0.25, 0.3) is 0 Å². The number of nitriles is 1. The molecule has 4 rings (SSSR count). The van der Waals surface area contributed by atoms with Crippen LogP contribution in [-0.4, -0.2) is 24.1 Å². The van der Waals surface area contributed by atoms with Crippen LogP contribution in [0.2, 0.25) is 0 Å². The van der Waals surface area contributed by atoms with E-state index in [1.807, 2.05) is 52.0 Å². The largest absolute Gasteiger partial charge is 0.368 e. The summed E-state index contributed by atoms with van der Waals surface area (Å²) in [5.74, 6) is 0.632. The first-order valence-corrected chi connectivity index (χ1v) is 11.3. The van der Waals surface area contributed by atoms with Gasteiger partial charge in [-0.25, -0.2) is 4.98 Å². The summed E-state index contributed by atoms with van der Waals surface area (Å²) >= 11 is 0. The van der Waals surface area contributed by atoms with Crippen LogP contribution in [0.5, 0.6) is 0 Å². The van der Waals surface area contributed by atoms with Crippen LogP contribution in [-0.2, 0) is 6.54 Å². The van der Waals surface area contributed by atoms with E-state index in [2.05, 4.69) is 47.5 Å². The molecule has 0 aliphatic carbocycles. The van der Waals surface area contributed by atoms with Crippen molar-refractivity contribution in [3.8, 4) is 6.07 Å². The number of rotatable bonds is 4. The highest BCUT2D eigenvalue weighted by Gasteiger charge is 2.25. The van der Waals surface area contributed by atoms with E-state index in [1.165, 1.54) is 5.56 Å². The van der Waals surface area contributed by atoms with Crippen LogP contribution < -0.4 is 16.0 Å². The zero-order chi connectivity index (χ0) is 22.8. The van der Waals surface area contributed by atoms with Crippen LogP contribution in [0.15, 0.2) is 48.5 Å². The van der Waals surface area contributed by atoms with Crippen molar-refractivity contribution in [1.29, 1.82) is 5.26 Å². The number of pyridine rings is 1. The topological polar surface area (TPSA) is 78.0 Å². The fourth-order valence-electron chi connectivity index (χ4n) is 3.64. The average Bonchev–Trinajstić information content (AvgIpc) is 3.26. The van der Waals surface area contributed by atoms with Crippen molar-refractivity contribution < 1.29 is 0 Å². The first-order valence-electron chi connectivity index (χ1n) is 11.3. The van der Waals surface area contributed by atoms with Crippen molar-refractivity contribution in [1.82, 2.24) is 4.98 Å². The third-order valence-corrected chi connectivity index (χ3v) is 5.10. The minimum atomic E-state index is 0.146. The third kappa shape index (κ3) is 5.74. The fourth-order valence-corrected chi connectivity index (χ4v) is 3.64. The quantitative estimate of drug-likeness (QED) is 0.576. The normalized spacial score (nSPS) is 14.7. The molecule has 164 valence electrons. The SMILES string of the molecule is CC.CC.Cc1ccc(CNc2nc3ccccc3c(N3CCC(N)C3)c2C#N)cc1. The molecule has 0 bridgehead atoms. The van der Waals surface area contributed by atoms with Gasteiger partial charge in [-0.3, -0.25) is 0 Å². The Morgan fingerprint density at radius 2 is 1.77 bits per heavy atom. The number of nitrogens with one attached hydrogen (secondary N) is 1. The Kier molecular flexibility index (Phi) is 9.30. The lowest BCUT2D eigenvalue weighted by Crippen LogP contribution is -2.27. The van der Waals surface area contributed by atoms with Crippen LogP contribution in [0.3, 0.4) is 0 Å². The van der Waals surface area contributed by atoms with E-state index in [4.69, 9.17) is 10.7 Å². The van der Waals surface area contributed by atoms with Crippen LogP contribution in [0, 0.1) is 18.3 Å². The minimum Gasteiger partial charge on any atom is -0.368 e. The number of para-hydroxylation sites is 1. The maximum absolute atomic E-state index is 9.93. The van der Waals surface area contributed by atoms with Gasteiger partial charge in [-0.2, -0.15) is 5.26 Å². The summed E-state index contributed by atoms with van der Waals surface area (Å²) in [6.45, 7) is 12.3. The summed E-state index contributed by atoms with van der Waals surface area (Å²) in [6.07, 6.45) is 0.938. The van der Waals surface area contributed by atoms with Crippen LogP contribution in [0.25, 0.3) is 10.9 Å². The van der Waals surface area contributed by atoms with Crippen molar-refractivity contribution in [3.63, 3.8) is 0 Å². The van der Waals surface area contributed by atoms with E-state index in [-0.39, 0.29) is 6.04 Å². The molecule has 3 N–H and O–H groups in total. The highest BCUT2D eigenvalue weighted by molar-refractivity contribution is 5.97. The summed E-state index contributed by atoms with van der Waals surface area (Å²) in [5, 5.41) is 14.3. The second kappa shape index (κ2) is 11.9. The number of nitrogens with zero attached hydrogens (tertiary/aromatic N) is 3. The molecule has 1 atom stereocenters. The van der Waals surface area contributed by atoms with Crippen molar-refractivity contribution >= 4 is 22.4 Å². The van der Waals surface area contributed by atoms with Gasteiger partial charge in [0.15, 0.2) is 0 Å². The number of hydrogen-bond acceptors (Lipinski definition) is 5. The number of benzene rings is 2. The van der Waals surface area contributed by atoms with Crippen molar-refractivity contribution in [2.75, 3.05) is 23.3 Å². The monoisotopic (exact) mass is 417 g/mol. The molecule has 5 nitrogen and oxygen atoms in total. The highest BCUT2D eigenvalue weighted by Crippen LogP contribution is 2.35. The molecule has 1 saturated heterocycles. The summed E-state index contributed by atoms with van der Waals surface area (Å²) in [7, 11) is 0. The number of aromatic nitrogens is 1. The number of aryl methyl sites for hydroxylation is 1. The van der Waals surface area contributed by atoms with E-state index in [1.54, 1.807) is 0 Å². The molecule has 5 heteroatoms. The molecule has 1 unspecified atom stereocenters. The van der Waals surface area contributed by atoms with E-state index in [9.17, 15) is 5.26 Å². The van der Waals surface area contributed by atoms with Gasteiger partial charge in [0.1, 0.15) is 17.5 Å². The lowest BCUT2D eigenvalue weighted by molar-refractivity contribution is 0.752. The van der Waals surface area contributed by atoms with Gasteiger partial charge in [-0.1, -0.05) is 75.7 Å². The zero-order valence-electron chi connectivity index (χ0n) is 19.4. The summed E-state index contributed by atoms with van der Waals surface area (Å²) < 4.78 is 0. The second-order valence-corrected chi connectivity index (χ2v) is 7.15. The minimum absolute atomic E-state index is 0.146. The average molecular weight is 418 g/mol. The molecular weight excluding hydrogens is 382 g/mol. The first kappa shape index (κ1) is 24.2. The molecular formula is C26H35N5. The van der Waals surface area contributed by atoms with Gasteiger partial charge in [-0.15, -0.1) is 0 Å². The molecule has 0 amide bonds. The Bertz CT molecular complexity index is 1000. The lowest BCUT2D eigenvalue weighted by Gasteiger charge is -2.23. The number of fused-ring (bicyclic) bond motifs is 1. The standard InChI is InChI=1S/C22H23N5.2C2H6/c1-15-6-8-16(9-7-15)13-25-22-19(12-23)21(27-11-10-17(24)14-27)18-4-2-3-5-20(18)26-22;2*1-2/h2-9,17H,10-11,13-14,24H2,1H3,(H,25,26);2*1-2H3. The van der Waals surface area contributed by atoms with Gasteiger partial charge < -0.3 is 16.0 Å². The predicted octanol–water partition coefficient (Wildman–Crippen LogP) is 5.62. The number of hydrogen-bond donors (Lipinski definition) is 2. The molecule has 1 aromatic heterocycles. The van der Waals surface area contributed by atoms with Crippen LogP contribution >= 0.6 is 0 Å². The maximum Gasteiger partial charge on any atom is 0.147 e. The molecule has 0 spiro atoms. The van der Waals surface area contributed by atoms with Gasteiger partial charge in [0.05, 0.1) is 11.2 Å². The first-order chi connectivity index (χ1) is 15.2. The third-order valence-electron chi connectivity index (χ3n) is 5.10. The van der Waals surface area contributed by atoms with E-state index >= 15 is 0 Å². The Hall–Kier alpha value is -3.10. The number of nitrogens with two attached hydrogens (primary N) is 1. The molecule has 31 heavy (non-hydrogen) atoms. The number of anilines is 2. The molecule has 2 heterocycles. The molecule has 1 fully saturated rings. The van der Waals surface area contributed by atoms with Gasteiger partial charge in [-0.05, 0) is 25.0 Å². The summed E-state index contributed by atoms with van der Waals surface area (Å²) in [4.78, 5) is 6.96. The van der Waals surface area contributed by atoms with E-state index in [0.717, 1.165) is 41.7 Å². The Balaban J connectivity index is 0.000000807. The molecule has 0 saturated carbocycles. The van der Waals surface area contributed by atoms with Crippen molar-refractivity contribution in [3.05, 3.63) is 65.2 Å². The molecule has 1 aliphatic rings. The molecule has 1 aliphatic heterocycles. The van der Waals surface area contributed by atoms with E-state index < -0.39 is 0 Å². The van der Waals surface area contributed by atoms with E-state index in [0.29, 0.717) is 17.9 Å². The highest BCUT2D eigenvalue weighted by atomic mass is 15.2. The zero-order valence-corrected chi connectivity index (χ0v) is 19.4. The molecule has 0 radical (unpaired) electrons. The van der Waals surface area contributed by atoms with Crippen molar-refractivity contribution in [2.24, 2.45) is 5.73 Å². The smallest absolute Gasteiger partial charge is 0.147 e. The fraction of sp³-hybridized carbons (Fsp3) is 0.385. The molecule has 2 aromatic carbocycles. The summed E-state index contributed by atoms with van der Waals surface area (Å²) in [6, 6.07) is 18.9. The van der Waals surface area contributed by atoms with Crippen molar-refractivity contribution in [2.45, 2.75) is 53.6 Å². The van der Waals surface area contributed by atoms with Gasteiger partial charge in [0.2, 0.25) is 0 Å². The second-order valence-electron chi connectivity index (χ2n) is 7.15. The Labute approximate surface area is 186 Å². The Morgan fingerprint density at radius 1 is 1.10 bits per heavy atom. The maximum atomic E-state index is 9.93. The van der Waals surface area contributed by atoms with Crippen LogP contribution in [0.1, 0.15) is 50.8 Å². The molecule has 3 aromatic rings. The van der Waals surface area contributed by atoms with Crippen LogP contribution in [0.4, 0.5) is 11.5 Å². The lowest BCUT2D eigenvalue weighted by atomic mass is 10.1. The van der Waals surface area contributed by atoms with Gasteiger partial charge in [0, 0.05) is 31.1 Å². The predicted molar refractivity (Wildman–Crippen MR) is 132 cm³/mol.